The fourth-order valence-electron chi connectivity index (χ4n) is 2.94. The summed E-state index contributed by atoms with van der Waals surface area (Å²) in [7, 11) is 0. The molecule has 1 aromatic heterocycles. The number of aromatic nitrogens is 3. The van der Waals surface area contributed by atoms with Gasteiger partial charge in [-0.05, 0) is 50.5 Å². The molecule has 0 saturated carbocycles. The molecule has 0 spiro atoms. The van der Waals surface area contributed by atoms with Gasteiger partial charge in [-0.15, -0.1) is 5.10 Å². The lowest BCUT2D eigenvalue weighted by atomic mass is 10.0. The molecule has 4 heteroatoms. The lowest BCUT2D eigenvalue weighted by Gasteiger charge is -2.10. The minimum atomic E-state index is 0.0616. The van der Waals surface area contributed by atoms with Crippen LogP contribution < -0.4 is 0 Å². The topological polar surface area (TPSA) is 47.8 Å². The number of unbranched alkanes of at least 4 members (excludes halogenated alkanes) is 1. The molecule has 0 radical (unpaired) electrons. The molecule has 1 heterocycles. The van der Waals surface area contributed by atoms with E-state index >= 15 is 0 Å². The Bertz CT molecular complexity index is 896. The van der Waals surface area contributed by atoms with Crippen LogP contribution in [0.25, 0.3) is 16.9 Å². The quantitative estimate of drug-likeness (QED) is 0.609. The highest BCUT2D eigenvalue weighted by Gasteiger charge is 2.17. The fourth-order valence-corrected chi connectivity index (χ4v) is 2.94. The van der Waals surface area contributed by atoms with Crippen molar-refractivity contribution in [2.75, 3.05) is 0 Å². The first-order chi connectivity index (χ1) is 12.1. The minimum absolute atomic E-state index is 0.0616. The molecule has 0 bridgehead atoms. The second-order valence-corrected chi connectivity index (χ2v) is 6.38. The third kappa shape index (κ3) is 3.68. The number of carbonyl (C=O) groups excluding carboxylic acids is 1. The van der Waals surface area contributed by atoms with E-state index < -0.39 is 0 Å². The molecular weight excluding hydrogens is 310 g/mol. The van der Waals surface area contributed by atoms with Gasteiger partial charge in [0.05, 0.1) is 17.1 Å². The van der Waals surface area contributed by atoms with Crippen LogP contribution in [0.15, 0.2) is 48.5 Å². The second-order valence-electron chi connectivity index (χ2n) is 6.38. The van der Waals surface area contributed by atoms with E-state index in [9.17, 15) is 4.79 Å². The summed E-state index contributed by atoms with van der Waals surface area (Å²) in [4.78, 5) is 11.8. The number of carbonyl (C=O) groups is 1. The van der Waals surface area contributed by atoms with E-state index in [0.29, 0.717) is 5.56 Å². The Morgan fingerprint density at radius 2 is 1.92 bits per heavy atom. The largest absolute Gasteiger partial charge is 0.295 e. The van der Waals surface area contributed by atoms with Gasteiger partial charge in [-0.2, -0.15) is 0 Å². The Morgan fingerprint density at radius 3 is 2.64 bits per heavy atom. The summed E-state index contributed by atoms with van der Waals surface area (Å²) in [5.41, 5.74) is 5.79. The first kappa shape index (κ1) is 17.1. The fraction of sp³-hybridized carbons (Fsp3) is 0.286. The van der Waals surface area contributed by atoms with Crippen LogP contribution in [0.4, 0.5) is 0 Å². The van der Waals surface area contributed by atoms with E-state index in [1.807, 2.05) is 41.1 Å². The highest BCUT2D eigenvalue weighted by molar-refractivity contribution is 5.95. The molecule has 0 aliphatic heterocycles. The van der Waals surface area contributed by atoms with Crippen LogP contribution in [0.2, 0.25) is 0 Å². The number of hydrogen-bond donors (Lipinski definition) is 0. The van der Waals surface area contributed by atoms with Crippen molar-refractivity contribution in [1.82, 2.24) is 15.0 Å². The normalized spacial score (nSPS) is 10.8. The van der Waals surface area contributed by atoms with Gasteiger partial charge in [-0.3, -0.25) is 4.79 Å². The van der Waals surface area contributed by atoms with Crippen LogP contribution in [-0.4, -0.2) is 20.8 Å². The maximum absolute atomic E-state index is 11.8. The summed E-state index contributed by atoms with van der Waals surface area (Å²) in [6.07, 6.45) is 3.04. The van der Waals surface area contributed by atoms with Gasteiger partial charge in [0.1, 0.15) is 0 Å². The number of Topliss-reactive ketones (excluding diaryl/α,β-unsaturated/α-hetero) is 1. The number of ketones is 1. The van der Waals surface area contributed by atoms with Gasteiger partial charge in [0.25, 0.3) is 0 Å². The summed E-state index contributed by atoms with van der Waals surface area (Å²) < 4.78 is 1.89. The monoisotopic (exact) mass is 333 g/mol. The Balaban J connectivity index is 2.16. The summed E-state index contributed by atoms with van der Waals surface area (Å²) in [6, 6.07) is 15.9. The smallest absolute Gasteiger partial charge is 0.159 e. The SMILES string of the molecule is CCCCc1nnn(-c2cccc(C)c2)c1-c1cccc(C(C)=O)c1. The molecule has 3 aromatic rings. The average molecular weight is 333 g/mol. The van der Waals surface area contributed by atoms with Gasteiger partial charge in [0, 0.05) is 11.1 Å². The van der Waals surface area contributed by atoms with Crippen molar-refractivity contribution in [3.63, 3.8) is 0 Å². The van der Waals surface area contributed by atoms with E-state index in [2.05, 4.69) is 36.3 Å². The minimum Gasteiger partial charge on any atom is -0.295 e. The first-order valence-electron chi connectivity index (χ1n) is 8.73. The maximum Gasteiger partial charge on any atom is 0.159 e. The zero-order valence-electron chi connectivity index (χ0n) is 15.0. The molecule has 0 aliphatic rings. The molecule has 0 unspecified atom stereocenters. The summed E-state index contributed by atoms with van der Waals surface area (Å²) in [6.45, 7) is 5.82. The van der Waals surface area contributed by atoms with Crippen molar-refractivity contribution in [2.45, 2.75) is 40.0 Å². The highest BCUT2D eigenvalue weighted by atomic mass is 16.1. The number of nitrogens with zero attached hydrogens (tertiary/aromatic N) is 3. The van der Waals surface area contributed by atoms with Crippen molar-refractivity contribution in [2.24, 2.45) is 0 Å². The first-order valence-corrected chi connectivity index (χ1v) is 8.73. The Labute approximate surface area is 148 Å². The Hall–Kier alpha value is -2.75. The van der Waals surface area contributed by atoms with Gasteiger partial charge in [-0.1, -0.05) is 48.9 Å². The Morgan fingerprint density at radius 1 is 1.12 bits per heavy atom. The van der Waals surface area contributed by atoms with Gasteiger partial charge in [0.15, 0.2) is 5.78 Å². The molecule has 128 valence electrons. The third-order valence-corrected chi connectivity index (χ3v) is 4.30. The highest BCUT2D eigenvalue weighted by Crippen LogP contribution is 2.27. The summed E-state index contributed by atoms with van der Waals surface area (Å²) in [5, 5.41) is 8.85. The van der Waals surface area contributed by atoms with E-state index in [4.69, 9.17) is 0 Å². The molecule has 0 fully saturated rings. The average Bonchev–Trinajstić information content (AvgIpc) is 3.04. The molecule has 0 saturated heterocycles. The second kappa shape index (κ2) is 7.43. The van der Waals surface area contributed by atoms with E-state index in [0.717, 1.165) is 41.9 Å². The summed E-state index contributed by atoms with van der Waals surface area (Å²) >= 11 is 0. The molecule has 0 amide bonds. The van der Waals surface area contributed by atoms with Gasteiger partial charge >= 0.3 is 0 Å². The standard InChI is InChI=1S/C21H23N3O/c1-4-5-12-20-21(18-10-7-9-17(14-18)16(3)25)24(23-22-20)19-11-6-8-15(2)13-19/h6-11,13-14H,4-5,12H2,1-3H3. The lowest BCUT2D eigenvalue weighted by Crippen LogP contribution is -2.02. The molecule has 0 atom stereocenters. The van der Waals surface area contributed by atoms with Crippen LogP contribution in [0, 0.1) is 6.92 Å². The van der Waals surface area contributed by atoms with Crippen molar-refractivity contribution >= 4 is 5.78 Å². The molecule has 2 aromatic carbocycles. The van der Waals surface area contributed by atoms with Crippen LogP contribution >= 0.6 is 0 Å². The van der Waals surface area contributed by atoms with E-state index in [1.165, 1.54) is 5.56 Å². The van der Waals surface area contributed by atoms with Crippen molar-refractivity contribution in [3.8, 4) is 16.9 Å². The Kier molecular flexibility index (Phi) is 5.08. The molecule has 0 aliphatic carbocycles. The zero-order chi connectivity index (χ0) is 17.8. The number of aryl methyl sites for hydroxylation is 2. The predicted molar refractivity (Wildman–Crippen MR) is 100 cm³/mol. The number of benzene rings is 2. The van der Waals surface area contributed by atoms with Gasteiger partial charge in [0.2, 0.25) is 0 Å². The van der Waals surface area contributed by atoms with Crippen LogP contribution in [0.1, 0.15) is 48.3 Å². The zero-order valence-corrected chi connectivity index (χ0v) is 15.0. The summed E-state index contributed by atoms with van der Waals surface area (Å²) in [5.74, 6) is 0.0616. The molecular formula is C21H23N3O. The molecule has 3 rings (SSSR count). The van der Waals surface area contributed by atoms with Crippen molar-refractivity contribution in [1.29, 1.82) is 0 Å². The van der Waals surface area contributed by atoms with Gasteiger partial charge < -0.3 is 0 Å². The maximum atomic E-state index is 11.8. The predicted octanol–water partition coefficient (Wildman–Crippen LogP) is 4.79. The van der Waals surface area contributed by atoms with Crippen LogP contribution in [0.3, 0.4) is 0 Å². The molecule has 25 heavy (non-hydrogen) atoms. The lowest BCUT2D eigenvalue weighted by molar-refractivity contribution is 0.101. The number of rotatable bonds is 6. The third-order valence-electron chi connectivity index (χ3n) is 4.30. The van der Waals surface area contributed by atoms with Crippen LogP contribution in [-0.2, 0) is 6.42 Å². The molecule has 4 nitrogen and oxygen atoms in total. The van der Waals surface area contributed by atoms with Gasteiger partial charge in [-0.25, -0.2) is 4.68 Å². The van der Waals surface area contributed by atoms with Crippen molar-refractivity contribution < 1.29 is 4.79 Å². The van der Waals surface area contributed by atoms with E-state index in [-0.39, 0.29) is 5.78 Å². The molecule has 0 N–H and O–H groups in total. The van der Waals surface area contributed by atoms with Crippen molar-refractivity contribution in [3.05, 3.63) is 65.4 Å². The number of hydrogen-bond acceptors (Lipinski definition) is 3. The van der Waals surface area contributed by atoms with Crippen LogP contribution in [0.5, 0.6) is 0 Å². The van der Waals surface area contributed by atoms with E-state index in [1.54, 1.807) is 6.92 Å².